The third-order valence-corrected chi connectivity index (χ3v) is 3.57. The normalized spacial score (nSPS) is 15.3. The summed E-state index contributed by atoms with van der Waals surface area (Å²) >= 11 is 0. The highest BCUT2D eigenvalue weighted by atomic mass is 19.1. The lowest BCUT2D eigenvalue weighted by atomic mass is 10.2. The van der Waals surface area contributed by atoms with Gasteiger partial charge in [0.15, 0.2) is 0 Å². The Morgan fingerprint density at radius 3 is 3.00 bits per heavy atom. The summed E-state index contributed by atoms with van der Waals surface area (Å²) in [6.45, 7) is 3.84. The van der Waals surface area contributed by atoms with Gasteiger partial charge in [-0.2, -0.15) is 0 Å². The fourth-order valence-corrected chi connectivity index (χ4v) is 2.19. The van der Waals surface area contributed by atoms with E-state index in [0.717, 1.165) is 18.0 Å². The first-order chi connectivity index (χ1) is 9.15. The fraction of sp³-hybridized carbons (Fsp3) is 0.500. The lowest BCUT2D eigenvalue weighted by Crippen LogP contribution is -2.10. The molecule has 0 spiro atoms. The standard InChI is InChI=1S/C14H18FN3O/c1-9-6-13-12(7-11(9)15)17-14(16)18(13)4-5-19-8-10-2-3-10/h6-7,10H,2-5,8H2,1H3,(H2,16,17). The molecule has 0 aliphatic heterocycles. The smallest absolute Gasteiger partial charge is 0.201 e. The van der Waals surface area contributed by atoms with E-state index in [0.29, 0.717) is 30.2 Å². The number of hydrogen-bond donors (Lipinski definition) is 1. The maximum atomic E-state index is 13.5. The zero-order chi connectivity index (χ0) is 13.4. The van der Waals surface area contributed by atoms with E-state index in [9.17, 15) is 4.39 Å². The Bertz CT molecular complexity index is 604. The van der Waals surface area contributed by atoms with Crippen LogP contribution in [-0.2, 0) is 11.3 Å². The average molecular weight is 263 g/mol. The Morgan fingerprint density at radius 1 is 1.47 bits per heavy atom. The van der Waals surface area contributed by atoms with Crippen molar-refractivity contribution in [2.45, 2.75) is 26.3 Å². The van der Waals surface area contributed by atoms with Crippen LogP contribution in [0.25, 0.3) is 11.0 Å². The summed E-state index contributed by atoms with van der Waals surface area (Å²) in [6, 6.07) is 3.22. The van der Waals surface area contributed by atoms with Crippen LogP contribution in [0.5, 0.6) is 0 Å². The molecule has 1 aromatic heterocycles. The number of nitrogens with zero attached hydrogens (tertiary/aromatic N) is 2. The van der Waals surface area contributed by atoms with Crippen molar-refractivity contribution in [3.05, 3.63) is 23.5 Å². The molecular weight excluding hydrogens is 245 g/mol. The number of nitrogens with two attached hydrogens (primary N) is 1. The zero-order valence-corrected chi connectivity index (χ0v) is 11.0. The van der Waals surface area contributed by atoms with Crippen molar-refractivity contribution in [2.75, 3.05) is 18.9 Å². The first-order valence-electron chi connectivity index (χ1n) is 6.65. The maximum Gasteiger partial charge on any atom is 0.201 e. The summed E-state index contributed by atoms with van der Waals surface area (Å²) in [5.74, 6) is 0.922. The van der Waals surface area contributed by atoms with Gasteiger partial charge in [-0.3, -0.25) is 0 Å². The Kier molecular flexibility index (Phi) is 3.14. The Morgan fingerprint density at radius 2 is 2.26 bits per heavy atom. The molecule has 1 heterocycles. The molecule has 102 valence electrons. The van der Waals surface area contributed by atoms with Crippen LogP contribution in [0.1, 0.15) is 18.4 Å². The number of aromatic nitrogens is 2. The van der Waals surface area contributed by atoms with E-state index >= 15 is 0 Å². The molecule has 1 fully saturated rings. The molecule has 1 aliphatic carbocycles. The van der Waals surface area contributed by atoms with E-state index in [4.69, 9.17) is 10.5 Å². The summed E-state index contributed by atoms with van der Waals surface area (Å²) in [7, 11) is 0. The number of imidazole rings is 1. The van der Waals surface area contributed by atoms with Crippen molar-refractivity contribution >= 4 is 17.0 Å². The summed E-state index contributed by atoms with van der Waals surface area (Å²) in [4.78, 5) is 4.19. The molecule has 1 saturated carbocycles. The molecule has 3 rings (SSSR count). The number of nitrogen functional groups attached to an aromatic ring is 1. The number of rotatable bonds is 5. The molecule has 5 heteroatoms. The summed E-state index contributed by atoms with van der Waals surface area (Å²) < 4.78 is 21.0. The predicted molar refractivity (Wildman–Crippen MR) is 72.4 cm³/mol. The van der Waals surface area contributed by atoms with Crippen LogP contribution < -0.4 is 5.73 Å². The Hall–Kier alpha value is -1.62. The predicted octanol–water partition coefficient (Wildman–Crippen LogP) is 2.49. The lowest BCUT2D eigenvalue weighted by Gasteiger charge is -2.07. The van der Waals surface area contributed by atoms with E-state index in [1.807, 2.05) is 4.57 Å². The summed E-state index contributed by atoms with van der Waals surface area (Å²) in [6.07, 6.45) is 2.57. The molecule has 1 aliphatic rings. The molecule has 2 N–H and O–H groups in total. The minimum absolute atomic E-state index is 0.248. The average Bonchev–Trinajstić information content (AvgIpc) is 3.13. The van der Waals surface area contributed by atoms with Crippen molar-refractivity contribution < 1.29 is 9.13 Å². The van der Waals surface area contributed by atoms with E-state index in [1.54, 1.807) is 13.0 Å². The zero-order valence-electron chi connectivity index (χ0n) is 11.0. The van der Waals surface area contributed by atoms with E-state index < -0.39 is 0 Å². The first-order valence-corrected chi connectivity index (χ1v) is 6.65. The molecular formula is C14H18FN3O. The van der Waals surface area contributed by atoms with Crippen LogP contribution in [0.3, 0.4) is 0 Å². The lowest BCUT2D eigenvalue weighted by molar-refractivity contribution is 0.118. The largest absolute Gasteiger partial charge is 0.379 e. The maximum absolute atomic E-state index is 13.5. The third-order valence-electron chi connectivity index (χ3n) is 3.57. The van der Waals surface area contributed by atoms with E-state index in [1.165, 1.54) is 18.9 Å². The number of fused-ring (bicyclic) bond motifs is 1. The molecule has 4 nitrogen and oxygen atoms in total. The van der Waals surface area contributed by atoms with Gasteiger partial charge in [-0.1, -0.05) is 0 Å². The highest BCUT2D eigenvalue weighted by Gasteiger charge is 2.21. The first kappa shape index (κ1) is 12.4. The van der Waals surface area contributed by atoms with Gasteiger partial charge in [0.1, 0.15) is 5.82 Å². The van der Waals surface area contributed by atoms with Crippen LogP contribution in [0, 0.1) is 18.7 Å². The van der Waals surface area contributed by atoms with Gasteiger partial charge < -0.3 is 15.0 Å². The van der Waals surface area contributed by atoms with Crippen molar-refractivity contribution in [1.29, 1.82) is 0 Å². The number of anilines is 1. The topological polar surface area (TPSA) is 53.1 Å². The molecule has 0 amide bonds. The van der Waals surface area contributed by atoms with Gasteiger partial charge in [-0.15, -0.1) is 0 Å². The van der Waals surface area contributed by atoms with Crippen molar-refractivity contribution in [2.24, 2.45) is 5.92 Å². The van der Waals surface area contributed by atoms with Crippen LogP contribution in [0.4, 0.5) is 10.3 Å². The van der Waals surface area contributed by atoms with Gasteiger partial charge in [0.2, 0.25) is 5.95 Å². The minimum atomic E-state index is -0.248. The van der Waals surface area contributed by atoms with Crippen LogP contribution in [-0.4, -0.2) is 22.8 Å². The highest BCUT2D eigenvalue weighted by molar-refractivity contribution is 5.79. The van der Waals surface area contributed by atoms with E-state index in [2.05, 4.69) is 4.98 Å². The molecule has 0 saturated heterocycles. The number of benzene rings is 1. The van der Waals surface area contributed by atoms with Gasteiger partial charge in [0.25, 0.3) is 0 Å². The highest BCUT2D eigenvalue weighted by Crippen LogP contribution is 2.28. The monoisotopic (exact) mass is 263 g/mol. The van der Waals surface area contributed by atoms with Gasteiger partial charge >= 0.3 is 0 Å². The molecule has 0 radical (unpaired) electrons. The van der Waals surface area contributed by atoms with Gasteiger partial charge in [-0.25, -0.2) is 9.37 Å². The Labute approximate surface area is 111 Å². The van der Waals surface area contributed by atoms with Crippen LogP contribution in [0.15, 0.2) is 12.1 Å². The minimum Gasteiger partial charge on any atom is -0.379 e. The molecule has 19 heavy (non-hydrogen) atoms. The van der Waals surface area contributed by atoms with Crippen molar-refractivity contribution in [3.63, 3.8) is 0 Å². The number of halogens is 1. The SMILES string of the molecule is Cc1cc2c(cc1F)nc(N)n2CCOCC1CC1. The Balaban J connectivity index is 1.76. The quantitative estimate of drug-likeness (QED) is 0.843. The molecule has 0 atom stereocenters. The van der Waals surface area contributed by atoms with Gasteiger partial charge in [0.05, 0.1) is 17.6 Å². The van der Waals surface area contributed by atoms with Gasteiger partial charge in [0, 0.05) is 19.2 Å². The fourth-order valence-electron chi connectivity index (χ4n) is 2.19. The number of hydrogen-bond acceptors (Lipinski definition) is 3. The second kappa shape index (κ2) is 4.81. The second-order valence-electron chi connectivity index (χ2n) is 5.23. The third kappa shape index (κ3) is 2.56. The second-order valence-corrected chi connectivity index (χ2v) is 5.23. The molecule has 1 aromatic carbocycles. The summed E-state index contributed by atoms with van der Waals surface area (Å²) in [5, 5.41) is 0. The number of aryl methyl sites for hydroxylation is 1. The molecule has 2 aromatic rings. The van der Waals surface area contributed by atoms with Crippen LogP contribution >= 0.6 is 0 Å². The number of ether oxygens (including phenoxy) is 1. The van der Waals surface area contributed by atoms with Crippen molar-refractivity contribution in [3.8, 4) is 0 Å². The molecule has 0 unspecified atom stereocenters. The molecule has 0 bridgehead atoms. The summed E-state index contributed by atoms with van der Waals surface area (Å²) in [5.41, 5.74) is 7.95. The van der Waals surface area contributed by atoms with Crippen molar-refractivity contribution in [1.82, 2.24) is 9.55 Å². The van der Waals surface area contributed by atoms with Gasteiger partial charge in [-0.05, 0) is 37.3 Å². The van der Waals surface area contributed by atoms with E-state index in [-0.39, 0.29) is 5.82 Å². The van der Waals surface area contributed by atoms with Crippen LogP contribution in [0.2, 0.25) is 0 Å².